The van der Waals surface area contributed by atoms with Gasteiger partial charge in [-0.05, 0) is 49.3 Å². The molecule has 1 atom stereocenters. The first-order chi connectivity index (χ1) is 8.11. The first kappa shape index (κ1) is 14.2. The van der Waals surface area contributed by atoms with Gasteiger partial charge in [-0.3, -0.25) is 0 Å². The molecule has 96 valence electrons. The van der Waals surface area contributed by atoms with E-state index in [0.717, 1.165) is 0 Å². The van der Waals surface area contributed by atoms with Crippen molar-refractivity contribution in [1.29, 1.82) is 0 Å². The summed E-state index contributed by atoms with van der Waals surface area (Å²) in [6.45, 7) is 8.86. The largest absolute Gasteiger partial charge is 0.324 e. The van der Waals surface area contributed by atoms with Gasteiger partial charge < -0.3 is 5.73 Å². The molecule has 2 N–H and O–H groups in total. The first-order valence-corrected chi connectivity index (χ1v) is 6.93. The monoisotopic (exact) mass is 233 g/mol. The molecule has 0 aromatic heterocycles. The molecule has 0 saturated heterocycles. The standard InChI is InChI=1S/C16H27N/c1-5-8-14(9-6-2)16(17)15-11-7-10-12(3)13(15)4/h7,10-11,14,16H,5-6,8-9,17H2,1-4H3. The van der Waals surface area contributed by atoms with Crippen LogP contribution in [-0.4, -0.2) is 0 Å². The normalized spacial score (nSPS) is 13.1. The minimum Gasteiger partial charge on any atom is -0.324 e. The van der Waals surface area contributed by atoms with Crippen LogP contribution in [0.4, 0.5) is 0 Å². The highest BCUT2D eigenvalue weighted by Gasteiger charge is 2.19. The second-order valence-corrected chi connectivity index (χ2v) is 5.15. The molecule has 0 radical (unpaired) electrons. The van der Waals surface area contributed by atoms with Crippen molar-refractivity contribution in [3.8, 4) is 0 Å². The predicted molar refractivity (Wildman–Crippen MR) is 76.2 cm³/mol. The van der Waals surface area contributed by atoms with Crippen LogP contribution >= 0.6 is 0 Å². The van der Waals surface area contributed by atoms with Crippen LogP contribution in [0.25, 0.3) is 0 Å². The van der Waals surface area contributed by atoms with E-state index in [4.69, 9.17) is 5.73 Å². The molecule has 1 aromatic rings. The van der Waals surface area contributed by atoms with E-state index in [1.165, 1.54) is 42.4 Å². The van der Waals surface area contributed by atoms with E-state index in [9.17, 15) is 0 Å². The van der Waals surface area contributed by atoms with Gasteiger partial charge in [-0.25, -0.2) is 0 Å². The Labute approximate surface area is 106 Å². The summed E-state index contributed by atoms with van der Waals surface area (Å²) in [4.78, 5) is 0. The molecule has 1 rings (SSSR count). The van der Waals surface area contributed by atoms with Gasteiger partial charge in [0.05, 0.1) is 0 Å². The number of rotatable bonds is 6. The average Bonchev–Trinajstić information content (AvgIpc) is 2.31. The number of nitrogens with two attached hydrogens (primary N) is 1. The van der Waals surface area contributed by atoms with Gasteiger partial charge in [-0.1, -0.05) is 44.9 Å². The maximum Gasteiger partial charge on any atom is 0.0326 e. The van der Waals surface area contributed by atoms with Gasteiger partial charge in [0, 0.05) is 6.04 Å². The Morgan fingerprint density at radius 1 is 1.06 bits per heavy atom. The summed E-state index contributed by atoms with van der Waals surface area (Å²) in [5.74, 6) is 0.630. The second-order valence-electron chi connectivity index (χ2n) is 5.15. The third-order valence-corrected chi connectivity index (χ3v) is 3.83. The lowest BCUT2D eigenvalue weighted by molar-refractivity contribution is 0.367. The van der Waals surface area contributed by atoms with Crippen molar-refractivity contribution < 1.29 is 0 Å². The SMILES string of the molecule is CCCC(CCC)C(N)c1cccc(C)c1C. The molecular formula is C16H27N. The predicted octanol–water partition coefficient (Wildman–Crippen LogP) is 4.52. The first-order valence-electron chi connectivity index (χ1n) is 6.93. The van der Waals surface area contributed by atoms with E-state index in [-0.39, 0.29) is 6.04 Å². The molecule has 0 aliphatic carbocycles. The zero-order valence-corrected chi connectivity index (χ0v) is 11.8. The van der Waals surface area contributed by atoms with E-state index >= 15 is 0 Å². The van der Waals surface area contributed by atoms with E-state index in [1.807, 2.05) is 0 Å². The summed E-state index contributed by atoms with van der Waals surface area (Å²) in [5, 5.41) is 0. The van der Waals surface area contributed by atoms with Gasteiger partial charge in [0.15, 0.2) is 0 Å². The van der Waals surface area contributed by atoms with Crippen LogP contribution in [0.2, 0.25) is 0 Å². The maximum absolute atomic E-state index is 6.48. The molecule has 0 fully saturated rings. The van der Waals surface area contributed by atoms with Crippen molar-refractivity contribution in [2.75, 3.05) is 0 Å². The second kappa shape index (κ2) is 6.80. The minimum absolute atomic E-state index is 0.204. The lowest BCUT2D eigenvalue weighted by atomic mass is 9.84. The zero-order valence-electron chi connectivity index (χ0n) is 11.8. The summed E-state index contributed by atoms with van der Waals surface area (Å²) in [6.07, 6.45) is 4.93. The van der Waals surface area contributed by atoms with E-state index < -0.39 is 0 Å². The van der Waals surface area contributed by atoms with Crippen molar-refractivity contribution >= 4 is 0 Å². The number of aryl methyl sites for hydroxylation is 1. The van der Waals surface area contributed by atoms with Crippen LogP contribution in [0.1, 0.15) is 62.3 Å². The molecule has 0 saturated carbocycles. The molecule has 0 bridgehead atoms. The van der Waals surface area contributed by atoms with Crippen molar-refractivity contribution in [2.45, 2.75) is 59.4 Å². The third kappa shape index (κ3) is 3.57. The van der Waals surface area contributed by atoms with Crippen LogP contribution in [0.5, 0.6) is 0 Å². The molecule has 1 unspecified atom stereocenters. The molecule has 17 heavy (non-hydrogen) atoms. The van der Waals surface area contributed by atoms with E-state index in [2.05, 4.69) is 45.9 Å². The molecule has 1 heteroatoms. The highest BCUT2D eigenvalue weighted by Crippen LogP contribution is 2.30. The molecule has 0 amide bonds. The average molecular weight is 233 g/mol. The summed E-state index contributed by atoms with van der Waals surface area (Å²) in [6, 6.07) is 6.70. The molecule has 0 heterocycles. The number of benzene rings is 1. The topological polar surface area (TPSA) is 26.0 Å². The Bertz CT molecular complexity index is 337. The summed E-state index contributed by atoms with van der Waals surface area (Å²) in [7, 11) is 0. The molecule has 0 aliphatic heterocycles. The minimum atomic E-state index is 0.204. The number of hydrogen-bond donors (Lipinski definition) is 1. The van der Waals surface area contributed by atoms with Gasteiger partial charge in [-0.2, -0.15) is 0 Å². The Morgan fingerprint density at radius 3 is 2.18 bits per heavy atom. The lowest BCUT2D eigenvalue weighted by Gasteiger charge is -2.25. The Kier molecular flexibility index (Phi) is 5.70. The smallest absolute Gasteiger partial charge is 0.0326 e. The summed E-state index contributed by atoms with van der Waals surface area (Å²) >= 11 is 0. The van der Waals surface area contributed by atoms with Crippen LogP contribution < -0.4 is 5.73 Å². The van der Waals surface area contributed by atoms with Gasteiger partial charge in [0.1, 0.15) is 0 Å². The molecule has 0 spiro atoms. The van der Waals surface area contributed by atoms with Gasteiger partial charge in [-0.15, -0.1) is 0 Å². The quantitative estimate of drug-likeness (QED) is 0.768. The van der Waals surface area contributed by atoms with Gasteiger partial charge >= 0.3 is 0 Å². The maximum atomic E-state index is 6.48. The van der Waals surface area contributed by atoms with Crippen molar-refractivity contribution in [1.82, 2.24) is 0 Å². The Balaban J connectivity index is 2.92. The fourth-order valence-electron chi connectivity index (χ4n) is 2.63. The van der Waals surface area contributed by atoms with Gasteiger partial charge in [0.2, 0.25) is 0 Å². The Morgan fingerprint density at radius 2 is 1.65 bits per heavy atom. The fourth-order valence-corrected chi connectivity index (χ4v) is 2.63. The molecule has 1 aromatic carbocycles. The van der Waals surface area contributed by atoms with Gasteiger partial charge in [0.25, 0.3) is 0 Å². The molecule has 1 nitrogen and oxygen atoms in total. The summed E-state index contributed by atoms with van der Waals surface area (Å²) in [5.41, 5.74) is 10.5. The highest BCUT2D eigenvalue weighted by atomic mass is 14.7. The fraction of sp³-hybridized carbons (Fsp3) is 0.625. The summed E-state index contributed by atoms with van der Waals surface area (Å²) < 4.78 is 0. The zero-order chi connectivity index (χ0) is 12.8. The van der Waals surface area contributed by atoms with Crippen LogP contribution in [-0.2, 0) is 0 Å². The third-order valence-electron chi connectivity index (χ3n) is 3.83. The lowest BCUT2D eigenvalue weighted by Crippen LogP contribution is -2.22. The van der Waals surface area contributed by atoms with Crippen LogP contribution in [0, 0.1) is 19.8 Å². The van der Waals surface area contributed by atoms with Crippen LogP contribution in [0.3, 0.4) is 0 Å². The highest BCUT2D eigenvalue weighted by molar-refractivity contribution is 5.35. The van der Waals surface area contributed by atoms with Crippen molar-refractivity contribution in [2.24, 2.45) is 11.7 Å². The molecule has 0 aliphatic rings. The van der Waals surface area contributed by atoms with Crippen molar-refractivity contribution in [3.05, 3.63) is 34.9 Å². The van der Waals surface area contributed by atoms with Crippen LogP contribution in [0.15, 0.2) is 18.2 Å². The van der Waals surface area contributed by atoms with Crippen molar-refractivity contribution in [3.63, 3.8) is 0 Å². The van der Waals surface area contributed by atoms with E-state index in [0.29, 0.717) is 5.92 Å². The Hall–Kier alpha value is -0.820. The molecular weight excluding hydrogens is 206 g/mol. The van der Waals surface area contributed by atoms with E-state index in [1.54, 1.807) is 0 Å². The number of hydrogen-bond acceptors (Lipinski definition) is 1.